The number of urea groups is 1. The molecule has 272 valence electrons. The van der Waals surface area contributed by atoms with Crippen LogP contribution in [-0.2, 0) is 34.8 Å². The molecule has 3 aliphatic rings. The van der Waals surface area contributed by atoms with Crippen molar-refractivity contribution >= 4 is 39.4 Å². The molecule has 1 heterocycles. The third-order valence-electron chi connectivity index (χ3n) is 10.3. The van der Waals surface area contributed by atoms with Gasteiger partial charge in [-0.3, -0.25) is 19.2 Å². The molecule has 0 aromatic heterocycles. The summed E-state index contributed by atoms with van der Waals surface area (Å²) in [7, 11) is -3.64. The zero-order valence-corrected chi connectivity index (χ0v) is 31.0. The summed E-state index contributed by atoms with van der Waals surface area (Å²) < 4.78 is 26.7. The maximum absolute atomic E-state index is 14.4. The van der Waals surface area contributed by atoms with Gasteiger partial charge in [0.2, 0.25) is 17.6 Å². The molecular weight excluding hydrogens is 646 g/mol. The quantitative estimate of drug-likeness (QED) is 0.203. The molecule has 0 spiro atoms. The Hall–Kier alpha value is -3.48. The number of nitrogens with two attached hydrogens (primary N) is 1. The van der Waals surface area contributed by atoms with Crippen LogP contribution in [0.4, 0.5) is 4.79 Å². The molecule has 3 fully saturated rings. The molecule has 3 unspecified atom stereocenters. The van der Waals surface area contributed by atoms with Gasteiger partial charge in [0.15, 0.2) is 9.84 Å². The Labute approximate surface area is 291 Å². The monoisotopic (exact) mass is 701 g/mol. The number of hydrogen-bond donors (Lipinski definition) is 4. The zero-order chi connectivity index (χ0) is 36.7. The van der Waals surface area contributed by atoms with E-state index in [4.69, 9.17) is 5.73 Å². The highest BCUT2D eigenvalue weighted by atomic mass is 32.2. The zero-order valence-electron chi connectivity index (χ0n) is 30.2. The second kappa shape index (κ2) is 14.0. The number of ketones is 1. The number of piperidine rings is 1. The van der Waals surface area contributed by atoms with Crippen LogP contribution < -0.4 is 21.7 Å². The Kier molecular flexibility index (Phi) is 11.0. The predicted molar refractivity (Wildman–Crippen MR) is 186 cm³/mol. The first-order valence-electron chi connectivity index (χ1n) is 17.3. The van der Waals surface area contributed by atoms with Gasteiger partial charge in [-0.1, -0.05) is 91.6 Å². The number of carbonyl (C=O) groups excluding carboxylic acids is 5. The molecule has 5 amide bonds. The van der Waals surface area contributed by atoms with Gasteiger partial charge in [0.1, 0.15) is 12.1 Å². The fourth-order valence-electron chi connectivity index (χ4n) is 7.83. The minimum absolute atomic E-state index is 0.0412. The second-order valence-corrected chi connectivity index (χ2v) is 19.0. The van der Waals surface area contributed by atoms with Gasteiger partial charge in [-0.05, 0) is 59.8 Å². The summed E-state index contributed by atoms with van der Waals surface area (Å²) in [5.74, 6) is -3.25. The van der Waals surface area contributed by atoms with Crippen LogP contribution in [0.3, 0.4) is 0 Å². The highest BCUT2D eigenvalue weighted by molar-refractivity contribution is 7.90. The third kappa shape index (κ3) is 9.40. The van der Waals surface area contributed by atoms with E-state index in [1.807, 2.05) is 33.8 Å². The molecule has 1 aromatic carbocycles. The van der Waals surface area contributed by atoms with Gasteiger partial charge in [-0.2, -0.15) is 0 Å². The SMILES string of the molecule is CC(C)CC(C)(CS(=O)(=O)Cc1ccccc1)NC(=O)N[C@H](C(=O)N1CC2[C@@H]([C@H]1C(=O)NC(CC1CC1)C(=O)C(N)=O)C2(C)C)C(C)(C)C. The minimum atomic E-state index is -3.64. The number of primary amides is 1. The highest BCUT2D eigenvalue weighted by Gasteiger charge is 2.70. The molecule has 1 aromatic rings. The number of fused-ring (bicyclic) bond motifs is 1. The van der Waals surface area contributed by atoms with E-state index >= 15 is 0 Å². The Bertz CT molecular complexity index is 1550. The van der Waals surface area contributed by atoms with Crippen LogP contribution in [0, 0.1) is 34.5 Å². The van der Waals surface area contributed by atoms with E-state index in [0.29, 0.717) is 24.9 Å². The molecule has 2 aliphatic carbocycles. The summed E-state index contributed by atoms with van der Waals surface area (Å²) in [6.07, 6.45) is 2.50. The van der Waals surface area contributed by atoms with Crippen molar-refractivity contribution in [2.45, 2.75) is 110 Å². The maximum atomic E-state index is 14.4. The maximum Gasteiger partial charge on any atom is 0.315 e. The van der Waals surface area contributed by atoms with Crippen molar-refractivity contribution in [1.29, 1.82) is 0 Å². The lowest BCUT2D eigenvalue weighted by atomic mass is 9.85. The van der Waals surface area contributed by atoms with E-state index in [1.54, 1.807) is 52.0 Å². The first-order valence-corrected chi connectivity index (χ1v) is 19.1. The van der Waals surface area contributed by atoms with Crippen molar-refractivity contribution < 1.29 is 32.4 Å². The number of sulfone groups is 1. The predicted octanol–water partition coefficient (Wildman–Crippen LogP) is 2.94. The van der Waals surface area contributed by atoms with Gasteiger partial charge in [0, 0.05) is 6.54 Å². The summed E-state index contributed by atoms with van der Waals surface area (Å²) in [5, 5.41) is 8.48. The van der Waals surface area contributed by atoms with Crippen molar-refractivity contribution in [1.82, 2.24) is 20.9 Å². The molecule has 13 heteroatoms. The van der Waals surface area contributed by atoms with Crippen molar-refractivity contribution in [3.8, 4) is 0 Å². The normalized spacial score (nSPS) is 23.9. The molecule has 6 atom stereocenters. The van der Waals surface area contributed by atoms with E-state index in [0.717, 1.165) is 12.8 Å². The lowest BCUT2D eigenvalue weighted by molar-refractivity contribution is -0.145. The lowest BCUT2D eigenvalue weighted by Gasteiger charge is -2.39. The van der Waals surface area contributed by atoms with Crippen LogP contribution in [-0.4, -0.2) is 78.8 Å². The second-order valence-electron chi connectivity index (χ2n) is 16.9. The smallest absolute Gasteiger partial charge is 0.315 e. The Balaban J connectivity index is 1.53. The average Bonchev–Trinajstić information content (AvgIpc) is 3.80. The van der Waals surface area contributed by atoms with Crippen LogP contribution in [0.2, 0.25) is 0 Å². The number of likely N-dealkylation sites (tertiary alicyclic amines) is 1. The van der Waals surface area contributed by atoms with E-state index in [-0.39, 0.29) is 40.6 Å². The first-order chi connectivity index (χ1) is 22.5. The van der Waals surface area contributed by atoms with Gasteiger partial charge < -0.3 is 26.6 Å². The molecule has 2 saturated carbocycles. The van der Waals surface area contributed by atoms with Crippen LogP contribution in [0.25, 0.3) is 0 Å². The summed E-state index contributed by atoms with van der Waals surface area (Å²) in [5.41, 5.74) is 3.81. The third-order valence-corrected chi connectivity index (χ3v) is 12.2. The largest absolute Gasteiger partial charge is 0.363 e. The van der Waals surface area contributed by atoms with Gasteiger partial charge in [0.05, 0.1) is 23.1 Å². The molecule has 1 saturated heterocycles. The molecule has 12 nitrogen and oxygen atoms in total. The highest BCUT2D eigenvalue weighted by Crippen LogP contribution is 2.65. The van der Waals surface area contributed by atoms with E-state index in [1.165, 1.54) is 4.90 Å². The minimum Gasteiger partial charge on any atom is -0.363 e. The molecule has 1 aliphatic heterocycles. The Morgan fingerprint density at radius 3 is 2.14 bits per heavy atom. The molecule has 0 bridgehead atoms. The average molecular weight is 702 g/mol. The summed E-state index contributed by atoms with van der Waals surface area (Å²) in [6, 6.07) is 5.15. The number of nitrogens with one attached hydrogen (secondary N) is 3. The van der Waals surface area contributed by atoms with Crippen molar-refractivity contribution in [3.05, 3.63) is 35.9 Å². The van der Waals surface area contributed by atoms with Gasteiger partial charge >= 0.3 is 6.03 Å². The molecule has 0 radical (unpaired) electrons. The van der Waals surface area contributed by atoms with E-state index in [2.05, 4.69) is 16.0 Å². The van der Waals surface area contributed by atoms with Crippen LogP contribution in [0.15, 0.2) is 30.3 Å². The molecule has 49 heavy (non-hydrogen) atoms. The first kappa shape index (κ1) is 38.3. The molecule has 5 N–H and O–H groups in total. The standard InChI is InChI=1S/C36H55N5O7S/c1-21(2)17-36(8,20-49(47,48)19-23-12-10-9-11-13-23)40-33(46)39-29(34(3,4)5)32(45)41-18-24-26(35(24,6)7)27(41)31(44)38-25(16-22-14-15-22)28(42)30(37)43/h9-13,21-22,24-27,29H,14-20H2,1-8H3,(H2,37,43)(H,38,44)(H2,39,40,46)/t24?,25?,26-,27-,29+,36?/m0/s1. The van der Waals surface area contributed by atoms with Crippen LogP contribution in [0.5, 0.6) is 0 Å². The molecule has 4 rings (SSSR count). The number of nitrogens with zero attached hydrogens (tertiary/aromatic N) is 1. The van der Waals surface area contributed by atoms with Gasteiger partial charge in [0.25, 0.3) is 5.91 Å². The number of hydrogen-bond acceptors (Lipinski definition) is 7. The number of carbonyl (C=O) groups is 5. The van der Waals surface area contributed by atoms with E-state index in [9.17, 15) is 32.4 Å². The van der Waals surface area contributed by atoms with Crippen molar-refractivity contribution in [3.63, 3.8) is 0 Å². The summed E-state index contributed by atoms with van der Waals surface area (Å²) in [4.78, 5) is 67.9. The Morgan fingerprint density at radius 1 is 1.00 bits per heavy atom. The number of Topliss-reactive ketones (excluding diaryl/α,β-unsaturated/α-hetero) is 1. The summed E-state index contributed by atoms with van der Waals surface area (Å²) in [6.45, 7) is 15.4. The van der Waals surface area contributed by atoms with Crippen molar-refractivity contribution in [2.75, 3.05) is 12.3 Å². The lowest BCUT2D eigenvalue weighted by Crippen LogP contribution is -2.63. The van der Waals surface area contributed by atoms with Crippen molar-refractivity contribution in [2.24, 2.45) is 40.2 Å². The Morgan fingerprint density at radius 2 is 1.61 bits per heavy atom. The van der Waals surface area contributed by atoms with Gasteiger partial charge in [-0.15, -0.1) is 0 Å². The van der Waals surface area contributed by atoms with E-state index < -0.39 is 68.5 Å². The van der Waals surface area contributed by atoms with Crippen LogP contribution in [0.1, 0.15) is 86.6 Å². The fraction of sp³-hybridized carbons (Fsp3) is 0.694. The topological polar surface area (TPSA) is 185 Å². The van der Waals surface area contributed by atoms with Gasteiger partial charge in [-0.25, -0.2) is 13.2 Å². The summed E-state index contributed by atoms with van der Waals surface area (Å²) >= 11 is 0. The number of rotatable bonds is 15. The van der Waals surface area contributed by atoms with Crippen LogP contribution >= 0.6 is 0 Å². The fourth-order valence-corrected chi connectivity index (χ4v) is 9.79. The number of benzene rings is 1. The molecular formula is C36H55N5O7S. The number of amides is 5.